The SMILES string of the molecule is Cc1cc2c(cn1)cc(-c1cc(NC3=NC(C4CCC4)ON3)ccc1C)c(=O)n2C. The molecule has 5 rings (SSSR count). The van der Waals surface area contributed by atoms with Crippen molar-refractivity contribution in [1.29, 1.82) is 0 Å². The highest BCUT2D eigenvalue weighted by Crippen LogP contribution is 2.33. The van der Waals surface area contributed by atoms with E-state index in [1.54, 1.807) is 11.6 Å². The molecule has 1 saturated carbocycles. The van der Waals surface area contributed by atoms with Gasteiger partial charge in [-0.05, 0) is 62.1 Å². The van der Waals surface area contributed by atoms with E-state index in [-0.39, 0.29) is 11.8 Å². The molecule has 1 aromatic carbocycles. The molecule has 0 spiro atoms. The molecule has 2 aromatic heterocycles. The van der Waals surface area contributed by atoms with Crippen LogP contribution in [0.2, 0.25) is 0 Å². The van der Waals surface area contributed by atoms with Crippen molar-refractivity contribution in [3.8, 4) is 11.1 Å². The Hall–Kier alpha value is -3.19. The molecule has 154 valence electrons. The monoisotopic (exact) mass is 403 g/mol. The highest BCUT2D eigenvalue weighted by molar-refractivity contribution is 5.94. The van der Waals surface area contributed by atoms with E-state index in [2.05, 4.69) is 20.8 Å². The fourth-order valence-corrected chi connectivity index (χ4v) is 4.07. The smallest absolute Gasteiger partial charge is 0.258 e. The number of benzene rings is 1. The van der Waals surface area contributed by atoms with Crippen molar-refractivity contribution >= 4 is 22.5 Å². The van der Waals surface area contributed by atoms with Gasteiger partial charge in [0.05, 0.1) is 5.52 Å². The lowest BCUT2D eigenvalue weighted by molar-refractivity contribution is -0.0220. The maximum Gasteiger partial charge on any atom is 0.258 e. The number of hydrogen-bond acceptors (Lipinski definition) is 6. The van der Waals surface area contributed by atoms with Gasteiger partial charge in [0.2, 0.25) is 5.96 Å². The summed E-state index contributed by atoms with van der Waals surface area (Å²) in [6, 6.07) is 9.84. The second kappa shape index (κ2) is 7.25. The second-order valence-corrected chi connectivity index (χ2v) is 8.24. The third-order valence-corrected chi connectivity index (χ3v) is 6.12. The van der Waals surface area contributed by atoms with Gasteiger partial charge >= 0.3 is 0 Å². The van der Waals surface area contributed by atoms with Crippen LogP contribution < -0.4 is 16.4 Å². The predicted octanol–water partition coefficient (Wildman–Crippen LogP) is 3.65. The van der Waals surface area contributed by atoms with Gasteiger partial charge in [0, 0.05) is 41.5 Å². The van der Waals surface area contributed by atoms with E-state index in [4.69, 9.17) is 4.84 Å². The van der Waals surface area contributed by atoms with E-state index in [1.165, 1.54) is 6.42 Å². The predicted molar refractivity (Wildman–Crippen MR) is 118 cm³/mol. The largest absolute Gasteiger partial charge is 0.325 e. The third-order valence-electron chi connectivity index (χ3n) is 6.12. The fourth-order valence-electron chi connectivity index (χ4n) is 4.07. The number of nitrogens with one attached hydrogen (secondary N) is 2. The number of guanidine groups is 1. The number of aromatic nitrogens is 2. The van der Waals surface area contributed by atoms with Crippen molar-refractivity contribution in [2.75, 3.05) is 5.32 Å². The Morgan fingerprint density at radius 1 is 1.17 bits per heavy atom. The molecular weight excluding hydrogens is 378 g/mol. The zero-order chi connectivity index (χ0) is 20.8. The molecule has 1 aliphatic heterocycles. The lowest BCUT2D eigenvalue weighted by atomic mass is 9.84. The van der Waals surface area contributed by atoms with Gasteiger partial charge in [-0.2, -0.15) is 0 Å². The Balaban J connectivity index is 1.50. The van der Waals surface area contributed by atoms with E-state index < -0.39 is 0 Å². The molecule has 2 aliphatic rings. The lowest BCUT2D eigenvalue weighted by Gasteiger charge is -2.27. The molecule has 1 fully saturated rings. The standard InChI is InChI=1S/C23H25N5O2/c1-13-7-8-17(25-23-26-21(30-27-23)15-5-4-6-15)11-18(13)19-10-16-12-24-14(2)9-20(16)28(3)22(19)29/h7-12,15,21H,4-6H2,1-3H3,(H2,25,26,27). The van der Waals surface area contributed by atoms with E-state index >= 15 is 0 Å². The quantitative estimate of drug-likeness (QED) is 0.698. The molecule has 3 heterocycles. The zero-order valence-electron chi connectivity index (χ0n) is 17.4. The Morgan fingerprint density at radius 3 is 2.77 bits per heavy atom. The summed E-state index contributed by atoms with van der Waals surface area (Å²) in [6.07, 6.45) is 5.28. The Labute approximate surface area is 174 Å². The molecule has 0 saturated heterocycles. The molecule has 0 radical (unpaired) electrons. The average molecular weight is 403 g/mol. The first kappa shape index (κ1) is 18.8. The molecule has 2 N–H and O–H groups in total. The lowest BCUT2D eigenvalue weighted by Crippen LogP contribution is -2.29. The minimum atomic E-state index is -0.116. The van der Waals surface area contributed by atoms with Crippen LogP contribution in [0.1, 0.15) is 30.5 Å². The number of rotatable bonds is 3. The van der Waals surface area contributed by atoms with Crippen LogP contribution in [0.5, 0.6) is 0 Å². The van der Waals surface area contributed by atoms with E-state index in [9.17, 15) is 4.79 Å². The van der Waals surface area contributed by atoms with Crippen LogP contribution >= 0.6 is 0 Å². The summed E-state index contributed by atoms with van der Waals surface area (Å²) < 4.78 is 1.69. The molecule has 1 aliphatic carbocycles. The van der Waals surface area contributed by atoms with E-state index in [0.717, 1.165) is 46.3 Å². The maximum atomic E-state index is 13.1. The molecule has 7 nitrogen and oxygen atoms in total. The van der Waals surface area contributed by atoms with Crippen molar-refractivity contribution in [2.24, 2.45) is 18.0 Å². The van der Waals surface area contributed by atoms with Crippen LogP contribution in [-0.4, -0.2) is 21.7 Å². The van der Waals surface area contributed by atoms with Gasteiger partial charge in [0.1, 0.15) is 0 Å². The first-order valence-corrected chi connectivity index (χ1v) is 10.3. The van der Waals surface area contributed by atoms with E-state index in [0.29, 0.717) is 17.4 Å². The van der Waals surface area contributed by atoms with Crippen LogP contribution in [0, 0.1) is 19.8 Å². The normalized spacial score (nSPS) is 18.8. The molecule has 0 bridgehead atoms. The second-order valence-electron chi connectivity index (χ2n) is 8.24. The molecule has 1 unspecified atom stereocenters. The van der Waals surface area contributed by atoms with Crippen molar-refractivity contribution in [1.82, 2.24) is 15.0 Å². The minimum Gasteiger partial charge on any atom is -0.325 e. The zero-order valence-corrected chi connectivity index (χ0v) is 17.4. The molecule has 0 amide bonds. The summed E-state index contributed by atoms with van der Waals surface area (Å²) in [6.45, 7) is 3.94. The van der Waals surface area contributed by atoms with Gasteiger partial charge in [-0.1, -0.05) is 12.5 Å². The average Bonchev–Trinajstić information content (AvgIpc) is 3.13. The first-order chi connectivity index (χ1) is 14.5. The molecule has 1 atom stereocenters. The van der Waals surface area contributed by atoms with Crippen molar-refractivity contribution in [3.05, 3.63) is 58.1 Å². The van der Waals surface area contributed by atoms with Crippen LogP contribution in [-0.2, 0) is 11.9 Å². The molecule has 7 heteroatoms. The number of aryl methyl sites for hydroxylation is 3. The number of hydroxylamine groups is 1. The summed E-state index contributed by atoms with van der Waals surface area (Å²) in [5.41, 5.74) is 8.06. The highest BCUT2D eigenvalue weighted by Gasteiger charge is 2.31. The van der Waals surface area contributed by atoms with Crippen molar-refractivity contribution in [2.45, 2.75) is 39.3 Å². The number of fused-ring (bicyclic) bond motifs is 1. The van der Waals surface area contributed by atoms with Crippen LogP contribution in [0.25, 0.3) is 22.0 Å². The van der Waals surface area contributed by atoms with Crippen molar-refractivity contribution in [3.63, 3.8) is 0 Å². The number of hydrogen-bond donors (Lipinski definition) is 2. The minimum absolute atomic E-state index is 0.0296. The van der Waals surface area contributed by atoms with Gasteiger partial charge in [-0.15, -0.1) is 0 Å². The summed E-state index contributed by atoms with van der Waals surface area (Å²) in [5, 5.41) is 4.22. The molecular formula is C23H25N5O2. The fraction of sp³-hybridized carbons (Fsp3) is 0.348. The Kier molecular flexibility index (Phi) is 4.55. The Morgan fingerprint density at radius 2 is 2.00 bits per heavy atom. The summed E-state index contributed by atoms with van der Waals surface area (Å²) in [5.74, 6) is 1.11. The van der Waals surface area contributed by atoms with Gasteiger partial charge in [0.15, 0.2) is 6.23 Å². The van der Waals surface area contributed by atoms with Gasteiger partial charge in [-0.25, -0.2) is 15.3 Å². The summed E-state index contributed by atoms with van der Waals surface area (Å²) in [7, 11) is 1.81. The summed E-state index contributed by atoms with van der Waals surface area (Å²) in [4.78, 5) is 27.7. The Bertz CT molecular complexity index is 1230. The number of nitrogens with zero attached hydrogens (tertiary/aromatic N) is 3. The highest BCUT2D eigenvalue weighted by atomic mass is 16.7. The number of anilines is 1. The van der Waals surface area contributed by atoms with Crippen molar-refractivity contribution < 1.29 is 4.84 Å². The van der Waals surface area contributed by atoms with Crippen LogP contribution in [0.4, 0.5) is 5.69 Å². The topological polar surface area (TPSA) is 80.5 Å². The van der Waals surface area contributed by atoms with Gasteiger partial charge in [-0.3, -0.25) is 9.78 Å². The van der Waals surface area contributed by atoms with Gasteiger partial charge in [0.25, 0.3) is 5.56 Å². The van der Waals surface area contributed by atoms with Crippen LogP contribution in [0.15, 0.2) is 46.3 Å². The third kappa shape index (κ3) is 3.25. The molecule has 3 aromatic rings. The summed E-state index contributed by atoms with van der Waals surface area (Å²) >= 11 is 0. The number of pyridine rings is 2. The molecule has 30 heavy (non-hydrogen) atoms. The van der Waals surface area contributed by atoms with Gasteiger partial charge < -0.3 is 9.88 Å². The first-order valence-electron chi connectivity index (χ1n) is 10.3. The maximum absolute atomic E-state index is 13.1. The number of aliphatic imine (C=N–C) groups is 1. The van der Waals surface area contributed by atoms with Crippen LogP contribution in [0.3, 0.4) is 0 Å². The van der Waals surface area contributed by atoms with E-state index in [1.807, 2.05) is 50.4 Å².